The molecule has 2 heterocycles. The summed E-state index contributed by atoms with van der Waals surface area (Å²) in [5, 5.41) is 12.8. The number of likely N-dealkylation sites (tertiary alicyclic amines) is 1. The van der Waals surface area contributed by atoms with E-state index in [2.05, 4.69) is 15.9 Å². The summed E-state index contributed by atoms with van der Waals surface area (Å²) in [5.74, 6) is -1.29. The fraction of sp³-hybridized carbons (Fsp3) is 0.263. The van der Waals surface area contributed by atoms with Gasteiger partial charge in [0.1, 0.15) is 5.76 Å². The van der Waals surface area contributed by atoms with Crippen molar-refractivity contribution < 1.29 is 14.7 Å². The maximum Gasteiger partial charge on any atom is 0.295 e. The second kappa shape index (κ2) is 7.14. The van der Waals surface area contributed by atoms with Crippen LogP contribution < -0.4 is 0 Å². The molecule has 1 aliphatic heterocycles. The summed E-state index contributed by atoms with van der Waals surface area (Å²) < 4.78 is 0.922. The molecule has 1 saturated heterocycles. The minimum atomic E-state index is -0.620. The van der Waals surface area contributed by atoms with Gasteiger partial charge in [0, 0.05) is 21.5 Å². The van der Waals surface area contributed by atoms with Gasteiger partial charge < -0.3 is 10.0 Å². The molecule has 1 N–H and O–H groups in total. The molecule has 3 rings (SSSR count). The Labute approximate surface area is 158 Å². The number of aliphatic hydroxyl groups excluding tert-OH is 1. The van der Waals surface area contributed by atoms with E-state index >= 15 is 0 Å². The summed E-state index contributed by atoms with van der Waals surface area (Å²) in [6.07, 6.45) is 0.742. The number of aryl methyl sites for hydroxylation is 1. The van der Waals surface area contributed by atoms with Gasteiger partial charge in [0.05, 0.1) is 11.6 Å². The highest BCUT2D eigenvalue weighted by Gasteiger charge is 2.46. The van der Waals surface area contributed by atoms with Gasteiger partial charge in [-0.2, -0.15) is 0 Å². The van der Waals surface area contributed by atoms with Crippen molar-refractivity contribution in [3.8, 4) is 0 Å². The predicted molar refractivity (Wildman–Crippen MR) is 102 cm³/mol. The first kappa shape index (κ1) is 17.9. The first-order valence-electron chi connectivity index (χ1n) is 8.04. The Kier molecular flexibility index (Phi) is 5.11. The zero-order valence-corrected chi connectivity index (χ0v) is 16.4. The van der Waals surface area contributed by atoms with Crippen LogP contribution in [0.15, 0.2) is 45.8 Å². The number of carbonyl (C=O) groups excluding carboxylic acids is 2. The van der Waals surface area contributed by atoms with Crippen molar-refractivity contribution in [1.82, 2.24) is 4.90 Å². The molecular weight excluding hydrogens is 402 g/mol. The van der Waals surface area contributed by atoms with E-state index in [1.54, 1.807) is 17.0 Å². The third-order valence-corrected chi connectivity index (χ3v) is 6.06. The van der Waals surface area contributed by atoms with Crippen LogP contribution in [0.5, 0.6) is 0 Å². The number of rotatable bonds is 4. The Morgan fingerprint density at radius 2 is 2.08 bits per heavy atom. The van der Waals surface area contributed by atoms with Crippen molar-refractivity contribution in [2.75, 3.05) is 6.54 Å². The fourth-order valence-corrected chi connectivity index (χ4v) is 4.13. The van der Waals surface area contributed by atoms with E-state index in [0.29, 0.717) is 12.1 Å². The third-order valence-electron chi connectivity index (χ3n) is 4.25. The first-order valence-corrected chi connectivity index (χ1v) is 9.71. The van der Waals surface area contributed by atoms with Crippen molar-refractivity contribution in [2.24, 2.45) is 0 Å². The zero-order valence-electron chi connectivity index (χ0n) is 14.0. The predicted octanol–water partition coefficient (Wildman–Crippen LogP) is 4.65. The highest BCUT2D eigenvalue weighted by Crippen LogP contribution is 2.41. The van der Waals surface area contributed by atoms with E-state index in [9.17, 15) is 14.7 Å². The van der Waals surface area contributed by atoms with Gasteiger partial charge in [-0.05, 0) is 42.5 Å². The largest absolute Gasteiger partial charge is 0.507 e. The first-order chi connectivity index (χ1) is 12.0. The molecule has 1 unspecified atom stereocenters. The lowest BCUT2D eigenvalue weighted by Crippen LogP contribution is -2.30. The minimum absolute atomic E-state index is 0.119. The molecular formula is C19H18BrNO3S. The maximum atomic E-state index is 12.6. The van der Waals surface area contributed by atoms with Crippen molar-refractivity contribution in [3.05, 3.63) is 61.8 Å². The lowest BCUT2D eigenvalue weighted by molar-refractivity contribution is -0.139. The highest BCUT2D eigenvalue weighted by molar-refractivity contribution is 9.10. The number of benzene rings is 1. The number of halogens is 1. The van der Waals surface area contributed by atoms with E-state index in [-0.39, 0.29) is 11.3 Å². The molecule has 4 nitrogen and oxygen atoms in total. The number of Topliss-reactive ketones (excluding diaryl/α,β-unsaturated/α-hetero) is 1. The number of amides is 1. The minimum Gasteiger partial charge on any atom is -0.507 e. The summed E-state index contributed by atoms with van der Waals surface area (Å²) in [4.78, 5) is 27.6. The molecule has 6 heteroatoms. The van der Waals surface area contributed by atoms with Gasteiger partial charge in [-0.1, -0.05) is 35.0 Å². The average molecular weight is 420 g/mol. The number of hydrogen-bond acceptors (Lipinski definition) is 4. The highest BCUT2D eigenvalue weighted by atomic mass is 79.9. The molecule has 1 atom stereocenters. The smallest absolute Gasteiger partial charge is 0.295 e. The number of carbonyl (C=O) groups is 2. The van der Waals surface area contributed by atoms with Crippen molar-refractivity contribution in [2.45, 2.75) is 26.3 Å². The van der Waals surface area contributed by atoms with Gasteiger partial charge >= 0.3 is 0 Å². The van der Waals surface area contributed by atoms with Crippen LogP contribution in [0.25, 0.3) is 5.76 Å². The van der Waals surface area contributed by atoms with Crippen LogP contribution in [0.1, 0.15) is 35.4 Å². The summed E-state index contributed by atoms with van der Waals surface area (Å²) in [6.45, 7) is 4.35. The van der Waals surface area contributed by atoms with E-state index < -0.39 is 17.7 Å². The molecule has 25 heavy (non-hydrogen) atoms. The standard InChI is InChI=1S/C19H18BrNO3S/c1-3-8-21-16(14-5-4-9-25-14)15(18(23)19(21)24)17(22)12-6-7-13(20)11(2)10-12/h4-7,9-10,16,22H,3,8H2,1-2H3/b17-15-. The summed E-state index contributed by atoms with van der Waals surface area (Å²) in [6, 6.07) is 8.62. The normalized spacial score (nSPS) is 19.6. The SMILES string of the molecule is CCCN1C(=O)C(=O)/C(=C(\O)c2ccc(Br)c(C)c2)C1c1cccs1. The fourth-order valence-electron chi connectivity index (χ4n) is 3.04. The number of hydrogen-bond donors (Lipinski definition) is 1. The van der Waals surface area contributed by atoms with Crippen molar-refractivity contribution >= 4 is 44.7 Å². The molecule has 1 amide bonds. The van der Waals surface area contributed by atoms with Crippen LogP contribution in [0, 0.1) is 6.92 Å². The molecule has 0 saturated carbocycles. The van der Waals surface area contributed by atoms with Gasteiger partial charge in [0.2, 0.25) is 0 Å². The number of nitrogens with zero attached hydrogens (tertiary/aromatic N) is 1. The maximum absolute atomic E-state index is 12.6. The number of aliphatic hydroxyl groups is 1. The van der Waals surface area contributed by atoms with Gasteiger partial charge in [0.15, 0.2) is 0 Å². The van der Waals surface area contributed by atoms with Crippen LogP contribution >= 0.6 is 27.3 Å². The molecule has 1 fully saturated rings. The molecule has 0 radical (unpaired) electrons. The molecule has 1 aliphatic rings. The molecule has 1 aromatic carbocycles. The average Bonchev–Trinajstić information content (AvgIpc) is 3.19. The third kappa shape index (κ3) is 3.16. The van der Waals surface area contributed by atoms with Crippen molar-refractivity contribution in [3.63, 3.8) is 0 Å². The lowest BCUT2D eigenvalue weighted by Gasteiger charge is -2.23. The van der Waals surface area contributed by atoms with E-state index in [0.717, 1.165) is 21.3 Å². The van der Waals surface area contributed by atoms with Gasteiger partial charge in [-0.25, -0.2) is 0 Å². The lowest BCUT2D eigenvalue weighted by atomic mass is 9.99. The quantitative estimate of drug-likeness (QED) is 0.445. The van der Waals surface area contributed by atoms with Gasteiger partial charge in [-0.15, -0.1) is 11.3 Å². The summed E-state index contributed by atoms with van der Waals surface area (Å²) in [5.41, 5.74) is 1.65. The van der Waals surface area contributed by atoms with Crippen molar-refractivity contribution in [1.29, 1.82) is 0 Å². The Hall–Kier alpha value is -1.92. The van der Waals surface area contributed by atoms with Crippen LogP contribution in [0.4, 0.5) is 0 Å². The van der Waals surface area contributed by atoms with E-state index in [1.165, 1.54) is 11.3 Å². The molecule has 0 bridgehead atoms. The Morgan fingerprint density at radius 1 is 1.32 bits per heavy atom. The summed E-state index contributed by atoms with van der Waals surface area (Å²) in [7, 11) is 0. The molecule has 1 aromatic heterocycles. The Bertz CT molecular complexity index is 858. The van der Waals surface area contributed by atoms with Crippen LogP contribution in [0.2, 0.25) is 0 Å². The topological polar surface area (TPSA) is 57.6 Å². The van der Waals surface area contributed by atoms with Crippen LogP contribution in [-0.2, 0) is 9.59 Å². The molecule has 2 aromatic rings. The Balaban J connectivity index is 2.17. The van der Waals surface area contributed by atoms with E-state index in [1.807, 2.05) is 37.4 Å². The monoisotopic (exact) mass is 419 g/mol. The second-order valence-electron chi connectivity index (χ2n) is 5.97. The molecule has 130 valence electrons. The van der Waals surface area contributed by atoms with Gasteiger partial charge in [-0.3, -0.25) is 9.59 Å². The van der Waals surface area contributed by atoms with Crippen LogP contribution in [-0.4, -0.2) is 28.2 Å². The molecule has 0 aliphatic carbocycles. The van der Waals surface area contributed by atoms with Gasteiger partial charge in [0.25, 0.3) is 11.7 Å². The summed E-state index contributed by atoms with van der Waals surface area (Å²) >= 11 is 4.91. The zero-order chi connectivity index (χ0) is 18.1. The molecule has 0 spiro atoms. The number of ketones is 1. The Morgan fingerprint density at radius 3 is 2.68 bits per heavy atom. The number of thiophene rings is 1. The van der Waals surface area contributed by atoms with Crippen LogP contribution in [0.3, 0.4) is 0 Å². The second-order valence-corrected chi connectivity index (χ2v) is 7.81. The van der Waals surface area contributed by atoms with E-state index in [4.69, 9.17) is 0 Å².